The Balaban J connectivity index is 1.99. The summed E-state index contributed by atoms with van der Waals surface area (Å²) in [6.45, 7) is 0. The topological polar surface area (TPSA) is 206 Å². The summed E-state index contributed by atoms with van der Waals surface area (Å²) in [7, 11) is -4.87. The van der Waals surface area contributed by atoms with Gasteiger partial charge in [0.1, 0.15) is 0 Å². The molecule has 3 rings (SSSR count). The first-order valence-electron chi connectivity index (χ1n) is 6.50. The first kappa shape index (κ1) is 19.9. The van der Waals surface area contributed by atoms with Crippen LogP contribution < -0.4 is 19.9 Å². The van der Waals surface area contributed by atoms with Gasteiger partial charge in [-0.05, 0) is 0 Å². The smallest absolute Gasteiger partial charge is 0.240 e. The van der Waals surface area contributed by atoms with Crippen molar-refractivity contribution in [3.63, 3.8) is 0 Å². The van der Waals surface area contributed by atoms with Crippen molar-refractivity contribution in [1.29, 1.82) is 0 Å². The average molecular weight is 471 g/mol. The highest BCUT2D eigenvalue weighted by molar-refractivity contribution is 7.91. The second-order valence-corrected chi connectivity index (χ2v) is 11.0. The van der Waals surface area contributed by atoms with E-state index in [0.29, 0.717) is 0 Å². The van der Waals surface area contributed by atoms with Crippen molar-refractivity contribution in [1.82, 2.24) is 29.8 Å². The maximum absolute atomic E-state index is 11.3. The molecule has 19 heteroatoms. The molecule has 3 aromatic heterocycles. The molecule has 3 aromatic rings. The number of nitrogens with two attached hydrogens (primary N) is 2. The van der Waals surface area contributed by atoms with Gasteiger partial charge in [0.25, 0.3) is 20.0 Å². The molecular weight excluding hydrogens is 460 g/mol. The Labute approximate surface area is 163 Å². The Hall–Kier alpha value is -1.90. The molecule has 0 aromatic carbocycles. The molecule has 27 heavy (non-hydrogen) atoms. The highest BCUT2D eigenvalue weighted by Crippen LogP contribution is 2.24. The predicted octanol–water partition coefficient (Wildman–Crippen LogP) is -2.11. The minimum Gasteiger partial charge on any atom is -0.240 e. The lowest BCUT2D eigenvalue weighted by molar-refractivity contribution is 0.589. The highest BCUT2D eigenvalue weighted by atomic mass is 32.3. The lowest BCUT2D eigenvalue weighted by atomic mass is 11.1. The fraction of sp³-hybridized carbons (Fsp3) is 0.250. The van der Waals surface area contributed by atoms with Crippen molar-refractivity contribution in [2.24, 2.45) is 34.4 Å². The van der Waals surface area contributed by atoms with Crippen LogP contribution in [0, 0.1) is 0 Å². The van der Waals surface area contributed by atoms with Gasteiger partial charge < -0.3 is 0 Å². The van der Waals surface area contributed by atoms with Crippen LogP contribution in [0.25, 0.3) is 0 Å². The maximum atomic E-state index is 11.3. The standard InChI is InChI=1S/C8H10N10O4S5/c1-17-5(24-7(15-17)26(9,19)20)11-3-13-14-4(23-3)12-6-18(2)16-8(25-6)27(10,21)22/h1-2H3,(H2,9,19,20)(H2,10,21,22)/b11-5+,12-6+. The van der Waals surface area contributed by atoms with Crippen LogP contribution in [0.1, 0.15) is 0 Å². The normalized spacial score (nSPS) is 14.2. The van der Waals surface area contributed by atoms with Crippen molar-refractivity contribution in [3.8, 4) is 0 Å². The number of primary sulfonamides is 2. The molecule has 0 unspecified atom stereocenters. The van der Waals surface area contributed by atoms with Crippen LogP contribution in [0.3, 0.4) is 0 Å². The molecule has 14 nitrogen and oxygen atoms in total. The summed E-state index contributed by atoms with van der Waals surface area (Å²) in [6, 6.07) is 0. The number of aryl methyl sites for hydroxylation is 2. The van der Waals surface area contributed by atoms with Gasteiger partial charge >= 0.3 is 0 Å². The van der Waals surface area contributed by atoms with E-state index in [0.717, 1.165) is 34.0 Å². The van der Waals surface area contributed by atoms with Crippen LogP contribution in [0.2, 0.25) is 0 Å². The Kier molecular flexibility index (Phi) is 5.09. The lowest BCUT2D eigenvalue weighted by Gasteiger charge is -1.86. The number of hydrogen-bond acceptors (Lipinski definition) is 13. The fourth-order valence-corrected chi connectivity index (χ4v) is 5.35. The summed E-state index contributed by atoms with van der Waals surface area (Å²) in [5, 5.41) is 25.7. The Morgan fingerprint density at radius 3 is 1.44 bits per heavy atom. The number of hydrogen-bond donors (Lipinski definition) is 2. The molecule has 0 bridgehead atoms. The number of rotatable bonds is 4. The lowest BCUT2D eigenvalue weighted by Crippen LogP contribution is -2.13. The third-order valence-electron chi connectivity index (χ3n) is 2.65. The summed E-state index contributed by atoms with van der Waals surface area (Å²) in [5.74, 6) is 0. The highest BCUT2D eigenvalue weighted by Gasteiger charge is 2.16. The minimum atomic E-state index is -3.94. The molecule has 3 heterocycles. The molecule has 0 aliphatic carbocycles. The van der Waals surface area contributed by atoms with Gasteiger partial charge in [-0.15, -0.1) is 20.4 Å². The van der Waals surface area contributed by atoms with Gasteiger partial charge in [0.15, 0.2) is 0 Å². The van der Waals surface area contributed by atoms with Crippen LogP contribution in [0.4, 0.5) is 10.3 Å². The summed E-state index contributed by atoms with van der Waals surface area (Å²) in [5.41, 5.74) is 0. The van der Waals surface area contributed by atoms with Crippen molar-refractivity contribution >= 4 is 64.3 Å². The number of nitrogens with zero attached hydrogens (tertiary/aromatic N) is 8. The molecule has 0 amide bonds. The summed E-state index contributed by atoms with van der Waals surface area (Å²) in [6.07, 6.45) is 0. The van der Waals surface area contributed by atoms with E-state index in [1.807, 2.05) is 0 Å². The number of aromatic nitrogens is 6. The van der Waals surface area contributed by atoms with E-state index < -0.39 is 20.0 Å². The molecule has 0 saturated heterocycles. The monoisotopic (exact) mass is 470 g/mol. The van der Waals surface area contributed by atoms with Crippen molar-refractivity contribution in [3.05, 3.63) is 9.60 Å². The average Bonchev–Trinajstić information content (AvgIpc) is 3.21. The van der Waals surface area contributed by atoms with Gasteiger partial charge in [0, 0.05) is 14.1 Å². The molecule has 0 fully saturated rings. The Morgan fingerprint density at radius 2 is 1.15 bits per heavy atom. The second-order valence-electron chi connectivity index (χ2n) is 4.73. The first-order valence-corrected chi connectivity index (χ1v) is 12.0. The molecule has 0 aliphatic heterocycles. The predicted molar refractivity (Wildman–Crippen MR) is 95.3 cm³/mol. The second kappa shape index (κ2) is 6.92. The molecule has 4 N–H and O–H groups in total. The molecule has 146 valence electrons. The maximum Gasteiger partial charge on any atom is 0.267 e. The van der Waals surface area contributed by atoms with Crippen LogP contribution in [-0.4, -0.2) is 46.6 Å². The van der Waals surface area contributed by atoms with E-state index in [2.05, 4.69) is 30.4 Å². The van der Waals surface area contributed by atoms with E-state index in [1.165, 1.54) is 23.5 Å². The van der Waals surface area contributed by atoms with E-state index >= 15 is 0 Å². The van der Waals surface area contributed by atoms with Gasteiger partial charge in [0.2, 0.25) is 28.5 Å². The first-order chi connectivity index (χ1) is 12.4. The van der Waals surface area contributed by atoms with Crippen molar-refractivity contribution in [2.75, 3.05) is 0 Å². The molecule has 0 spiro atoms. The summed E-state index contributed by atoms with van der Waals surface area (Å²) < 4.78 is 47.2. The zero-order valence-electron chi connectivity index (χ0n) is 13.4. The van der Waals surface area contributed by atoms with Gasteiger partial charge in [0.05, 0.1) is 0 Å². The summed E-state index contributed by atoms with van der Waals surface area (Å²) in [4.78, 5) is 8.78. The molecular formula is C8H10N10O4S5. The molecule has 0 atom stereocenters. The van der Waals surface area contributed by atoms with Crippen molar-refractivity contribution in [2.45, 2.75) is 8.68 Å². The van der Waals surface area contributed by atoms with Gasteiger partial charge in [-0.25, -0.2) is 36.5 Å². The van der Waals surface area contributed by atoms with Crippen LogP contribution in [0.15, 0.2) is 18.7 Å². The van der Waals surface area contributed by atoms with Crippen LogP contribution in [0.5, 0.6) is 0 Å². The number of sulfonamides is 2. The van der Waals surface area contributed by atoms with Gasteiger partial charge in [-0.3, -0.25) is 0 Å². The van der Waals surface area contributed by atoms with E-state index in [1.54, 1.807) is 0 Å². The summed E-state index contributed by atoms with van der Waals surface area (Å²) >= 11 is 2.53. The van der Waals surface area contributed by atoms with Crippen LogP contribution in [-0.2, 0) is 34.1 Å². The SMILES string of the molecule is Cn1nc(S(N)(=O)=O)s/c1=N/c1nnc(/N=c2/sc(S(N)(=O)=O)nn2C)s1. The zero-order chi connectivity index (χ0) is 20.0. The Bertz CT molecular complexity index is 1250. The largest absolute Gasteiger partial charge is 0.267 e. The van der Waals surface area contributed by atoms with Crippen LogP contribution >= 0.6 is 34.0 Å². The van der Waals surface area contributed by atoms with E-state index in [9.17, 15) is 16.8 Å². The molecule has 0 radical (unpaired) electrons. The Morgan fingerprint density at radius 1 is 0.778 bits per heavy atom. The fourth-order valence-electron chi connectivity index (χ4n) is 1.54. The molecule has 0 saturated carbocycles. The minimum absolute atomic E-state index is 0.188. The van der Waals surface area contributed by atoms with Crippen molar-refractivity contribution < 1.29 is 16.8 Å². The third-order valence-corrected chi connectivity index (χ3v) is 7.98. The molecule has 0 aliphatic rings. The quantitative estimate of drug-likeness (QED) is 0.430. The zero-order valence-corrected chi connectivity index (χ0v) is 17.5. The van der Waals surface area contributed by atoms with E-state index in [4.69, 9.17) is 10.3 Å². The third kappa shape index (κ3) is 4.51. The van der Waals surface area contributed by atoms with Gasteiger partial charge in [-0.2, -0.15) is 9.98 Å². The van der Waals surface area contributed by atoms with E-state index in [-0.39, 0.29) is 28.5 Å². The van der Waals surface area contributed by atoms with Gasteiger partial charge in [-0.1, -0.05) is 34.0 Å².